The molecule has 0 aliphatic rings. The highest BCUT2D eigenvalue weighted by Crippen LogP contribution is 2.15. The molecule has 4 heteroatoms. The molecular formula is C13H20N4. The molecular weight excluding hydrogens is 212 g/mol. The predicted molar refractivity (Wildman–Crippen MR) is 69.8 cm³/mol. The number of aromatic nitrogens is 3. The second-order valence-electron chi connectivity index (χ2n) is 4.27. The van der Waals surface area contributed by atoms with Gasteiger partial charge in [-0.05, 0) is 37.9 Å². The highest BCUT2D eigenvalue weighted by Gasteiger charge is 2.09. The first-order chi connectivity index (χ1) is 8.36. The maximum atomic E-state index is 5.52. The number of rotatable bonds is 6. The molecule has 0 amide bonds. The molecule has 0 spiro atoms. The minimum absolute atomic E-state index is 0.756. The summed E-state index contributed by atoms with van der Waals surface area (Å²) >= 11 is 0. The van der Waals surface area contributed by atoms with Crippen LogP contribution in [0.2, 0.25) is 0 Å². The van der Waals surface area contributed by atoms with Gasteiger partial charge < -0.3 is 10.3 Å². The van der Waals surface area contributed by atoms with Crippen LogP contribution >= 0.6 is 0 Å². The van der Waals surface area contributed by atoms with Gasteiger partial charge in [-0.3, -0.25) is 0 Å². The number of hydrogen-bond acceptors (Lipinski definition) is 3. The van der Waals surface area contributed by atoms with Crippen LogP contribution in [-0.4, -0.2) is 21.1 Å². The second-order valence-corrected chi connectivity index (χ2v) is 4.27. The molecule has 92 valence electrons. The van der Waals surface area contributed by atoms with E-state index in [0.717, 1.165) is 55.8 Å². The Morgan fingerprint density at radius 2 is 2.24 bits per heavy atom. The van der Waals surface area contributed by atoms with Crippen molar-refractivity contribution in [1.82, 2.24) is 14.5 Å². The summed E-state index contributed by atoms with van der Waals surface area (Å²) in [4.78, 5) is 9.09. The van der Waals surface area contributed by atoms with Gasteiger partial charge in [0.25, 0.3) is 0 Å². The van der Waals surface area contributed by atoms with Crippen molar-refractivity contribution in [3.8, 4) is 0 Å². The van der Waals surface area contributed by atoms with Gasteiger partial charge in [0.15, 0.2) is 5.65 Å². The van der Waals surface area contributed by atoms with Crippen molar-refractivity contribution in [3.05, 3.63) is 24.2 Å². The summed E-state index contributed by atoms with van der Waals surface area (Å²) in [6.45, 7) is 3.93. The van der Waals surface area contributed by atoms with Gasteiger partial charge in [0.1, 0.15) is 11.3 Å². The standard InChI is InChI=1S/C13H20N4/c1-2-10-17-12(7-3-4-8-14)16-11-6-5-9-15-13(11)17/h5-6,9H,2-4,7-8,10,14H2,1H3. The fraction of sp³-hybridized carbons (Fsp3) is 0.538. The highest BCUT2D eigenvalue weighted by molar-refractivity contribution is 5.71. The van der Waals surface area contributed by atoms with Gasteiger partial charge >= 0.3 is 0 Å². The van der Waals surface area contributed by atoms with Crippen molar-refractivity contribution < 1.29 is 0 Å². The summed E-state index contributed by atoms with van der Waals surface area (Å²) in [6, 6.07) is 3.97. The number of imidazole rings is 1. The van der Waals surface area contributed by atoms with Crippen LogP contribution in [0.25, 0.3) is 11.2 Å². The number of hydrogen-bond donors (Lipinski definition) is 1. The van der Waals surface area contributed by atoms with E-state index in [2.05, 4.69) is 21.5 Å². The van der Waals surface area contributed by atoms with E-state index in [-0.39, 0.29) is 0 Å². The number of unbranched alkanes of at least 4 members (excludes halogenated alkanes) is 1. The van der Waals surface area contributed by atoms with Crippen LogP contribution < -0.4 is 5.73 Å². The first-order valence-electron chi connectivity index (χ1n) is 6.37. The van der Waals surface area contributed by atoms with E-state index in [1.807, 2.05) is 18.3 Å². The van der Waals surface area contributed by atoms with E-state index in [0.29, 0.717) is 0 Å². The molecule has 0 aliphatic carbocycles. The van der Waals surface area contributed by atoms with Crippen molar-refractivity contribution in [2.24, 2.45) is 5.73 Å². The van der Waals surface area contributed by atoms with E-state index in [1.165, 1.54) is 0 Å². The Labute approximate surface area is 102 Å². The minimum Gasteiger partial charge on any atom is -0.330 e. The summed E-state index contributed by atoms with van der Waals surface area (Å²) < 4.78 is 2.24. The number of nitrogens with zero attached hydrogens (tertiary/aromatic N) is 3. The first kappa shape index (κ1) is 12.0. The molecule has 0 aromatic carbocycles. The van der Waals surface area contributed by atoms with Gasteiger partial charge in [0.2, 0.25) is 0 Å². The fourth-order valence-corrected chi connectivity index (χ4v) is 2.08. The Balaban J connectivity index is 2.29. The maximum absolute atomic E-state index is 5.52. The van der Waals surface area contributed by atoms with Crippen LogP contribution in [0, 0.1) is 0 Å². The molecule has 0 radical (unpaired) electrons. The minimum atomic E-state index is 0.756. The molecule has 4 nitrogen and oxygen atoms in total. The maximum Gasteiger partial charge on any atom is 0.159 e. The van der Waals surface area contributed by atoms with Gasteiger partial charge in [0, 0.05) is 19.2 Å². The number of fused-ring (bicyclic) bond motifs is 1. The molecule has 2 rings (SSSR count). The number of pyridine rings is 1. The number of nitrogens with two attached hydrogens (primary N) is 1. The van der Waals surface area contributed by atoms with Crippen molar-refractivity contribution in [2.75, 3.05) is 6.54 Å². The van der Waals surface area contributed by atoms with E-state index < -0.39 is 0 Å². The lowest BCUT2D eigenvalue weighted by molar-refractivity contribution is 0.624. The summed E-state index contributed by atoms with van der Waals surface area (Å²) in [5.41, 5.74) is 7.54. The molecule has 0 bridgehead atoms. The summed E-state index contributed by atoms with van der Waals surface area (Å²) in [5.74, 6) is 1.15. The Hall–Kier alpha value is -1.42. The van der Waals surface area contributed by atoms with Crippen LogP contribution in [0.15, 0.2) is 18.3 Å². The van der Waals surface area contributed by atoms with E-state index in [9.17, 15) is 0 Å². The molecule has 2 aromatic rings. The molecule has 2 heterocycles. The Morgan fingerprint density at radius 3 is 3.00 bits per heavy atom. The van der Waals surface area contributed by atoms with Crippen LogP contribution in [0.3, 0.4) is 0 Å². The molecule has 0 atom stereocenters. The molecule has 0 fully saturated rings. The average Bonchev–Trinajstić information content (AvgIpc) is 2.69. The van der Waals surface area contributed by atoms with E-state index in [4.69, 9.17) is 5.73 Å². The number of aryl methyl sites for hydroxylation is 2. The molecule has 0 saturated heterocycles. The molecule has 0 aliphatic heterocycles. The Morgan fingerprint density at radius 1 is 1.35 bits per heavy atom. The summed E-state index contributed by atoms with van der Waals surface area (Å²) in [6.07, 6.45) is 6.09. The fourth-order valence-electron chi connectivity index (χ4n) is 2.08. The Kier molecular flexibility index (Phi) is 4.09. The van der Waals surface area contributed by atoms with Crippen molar-refractivity contribution in [3.63, 3.8) is 0 Å². The van der Waals surface area contributed by atoms with E-state index >= 15 is 0 Å². The zero-order valence-electron chi connectivity index (χ0n) is 10.4. The van der Waals surface area contributed by atoms with Gasteiger partial charge in [-0.2, -0.15) is 0 Å². The lowest BCUT2D eigenvalue weighted by atomic mass is 10.2. The van der Waals surface area contributed by atoms with Gasteiger partial charge in [-0.15, -0.1) is 0 Å². The first-order valence-corrected chi connectivity index (χ1v) is 6.37. The molecule has 17 heavy (non-hydrogen) atoms. The van der Waals surface area contributed by atoms with Gasteiger partial charge in [0.05, 0.1) is 0 Å². The van der Waals surface area contributed by atoms with Crippen molar-refractivity contribution in [2.45, 2.75) is 39.2 Å². The predicted octanol–water partition coefficient (Wildman–Crippen LogP) is 2.12. The SMILES string of the molecule is CCCn1c(CCCCN)nc2cccnc21. The van der Waals surface area contributed by atoms with Crippen LogP contribution in [0.1, 0.15) is 32.0 Å². The van der Waals surface area contributed by atoms with Crippen LogP contribution in [0.5, 0.6) is 0 Å². The molecule has 2 N–H and O–H groups in total. The Bertz CT molecular complexity index is 475. The topological polar surface area (TPSA) is 56.7 Å². The third-order valence-electron chi connectivity index (χ3n) is 2.88. The molecule has 0 saturated carbocycles. The molecule has 2 aromatic heterocycles. The van der Waals surface area contributed by atoms with Crippen LogP contribution in [0.4, 0.5) is 0 Å². The largest absolute Gasteiger partial charge is 0.330 e. The summed E-state index contributed by atoms with van der Waals surface area (Å²) in [5, 5.41) is 0. The monoisotopic (exact) mass is 232 g/mol. The smallest absolute Gasteiger partial charge is 0.159 e. The highest BCUT2D eigenvalue weighted by atomic mass is 15.1. The van der Waals surface area contributed by atoms with Gasteiger partial charge in [-0.25, -0.2) is 9.97 Å². The average molecular weight is 232 g/mol. The van der Waals surface area contributed by atoms with Crippen molar-refractivity contribution >= 4 is 11.2 Å². The zero-order valence-corrected chi connectivity index (χ0v) is 10.4. The summed E-state index contributed by atoms with van der Waals surface area (Å²) in [7, 11) is 0. The third kappa shape index (κ3) is 2.64. The van der Waals surface area contributed by atoms with Gasteiger partial charge in [-0.1, -0.05) is 6.92 Å². The second kappa shape index (κ2) is 5.77. The third-order valence-corrected chi connectivity index (χ3v) is 2.88. The van der Waals surface area contributed by atoms with E-state index in [1.54, 1.807) is 0 Å². The van der Waals surface area contributed by atoms with Crippen LogP contribution in [-0.2, 0) is 13.0 Å². The lowest BCUT2D eigenvalue weighted by Gasteiger charge is -2.06. The normalized spacial score (nSPS) is 11.2. The van der Waals surface area contributed by atoms with Crippen molar-refractivity contribution in [1.29, 1.82) is 0 Å². The zero-order chi connectivity index (χ0) is 12.1. The molecule has 0 unspecified atom stereocenters. The quantitative estimate of drug-likeness (QED) is 0.776. The lowest BCUT2D eigenvalue weighted by Crippen LogP contribution is -2.06.